The van der Waals surface area contributed by atoms with Crippen LogP contribution in [-0.4, -0.2) is 70.4 Å². The Bertz CT molecular complexity index is 1160. The van der Waals surface area contributed by atoms with Crippen molar-refractivity contribution in [2.24, 2.45) is 38.8 Å². The minimum Gasteiger partial charge on any atom is -0.370 e. The molecule has 0 bridgehead atoms. The van der Waals surface area contributed by atoms with E-state index in [0.717, 1.165) is 19.3 Å². The third-order valence-corrected chi connectivity index (χ3v) is 9.02. The highest BCUT2D eigenvalue weighted by Crippen LogP contribution is 2.17. The van der Waals surface area contributed by atoms with Gasteiger partial charge < -0.3 is 38.6 Å². The lowest BCUT2D eigenvalue weighted by Gasteiger charge is -2.23. The molecule has 2 amide bonds. The van der Waals surface area contributed by atoms with Crippen LogP contribution < -0.4 is 33.6 Å². The second kappa shape index (κ2) is 28.7. The van der Waals surface area contributed by atoms with Crippen LogP contribution in [0, 0.1) is 5.92 Å². The van der Waals surface area contributed by atoms with E-state index in [4.69, 9.17) is 22.9 Å². The molecule has 1 heterocycles. The maximum Gasteiger partial charge on any atom is 0.224 e. The predicted molar refractivity (Wildman–Crippen MR) is 205 cm³/mol. The Kier molecular flexibility index (Phi) is 25.3. The van der Waals surface area contributed by atoms with Gasteiger partial charge in [0.25, 0.3) is 0 Å². The summed E-state index contributed by atoms with van der Waals surface area (Å²) in [5, 5.41) is 5.79. The number of guanidine groups is 2. The molecule has 0 radical (unpaired) electrons. The lowest BCUT2D eigenvalue weighted by molar-refractivity contribution is -0.133. The molecule has 1 aromatic rings. The average Bonchev–Trinajstić information content (AvgIpc) is 3.61. The smallest absolute Gasteiger partial charge is 0.224 e. The molecule has 1 rings (SSSR count). The van der Waals surface area contributed by atoms with Crippen molar-refractivity contribution in [1.82, 2.24) is 20.6 Å². The molecule has 0 saturated carbocycles. The van der Waals surface area contributed by atoms with Gasteiger partial charge in [-0.05, 0) is 32.1 Å². The van der Waals surface area contributed by atoms with Gasteiger partial charge >= 0.3 is 0 Å². The molecule has 0 aliphatic heterocycles. The van der Waals surface area contributed by atoms with Crippen molar-refractivity contribution in [3.8, 4) is 0 Å². The van der Waals surface area contributed by atoms with Crippen molar-refractivity contribution in [2.75, 3.05) is 13.1 Å². The van der Waals surface area contributed by atoms with Crippen LogP contribution in [0.2, 0.25) is 0 Å². The number of hydrogen-bond acceptors (Lipinski definition) is 7. The number of Topliss-reactive ketones (excluding diaryl/α,β-unsaturated/α-hetero) is 2. The number of nitrogens with two attached hydrogens (primary N) is 4. The van der Waals surface area contributed by atoms with Gasteiger partial charge in [0.05, 0.1) is 24.3 Å². The minimum absolute atomic E-state index is 0.0418. The molecule has 14 nitrogen and oxygen atoms in total. The lowest BCUT2D eigenvalue weighted by atomic mass is 9.91. The summed E-state index contributed by atoms with van der Waals surface area (Å²) in [5.41, 5.74) is 22.4. The topological polar surface area (TPSA) is 250 Å². The Hall–Kier alpha value is -3.97. The van der Waals surface area contributed by atoms with Crippen molar-refractivity contribution in [3.05, 3.63) is 18.2 Å². The molecule has 0 aromatic carbocycles. The van der Waals surface area contributed by atoms with E-state index in [9.17, 15) is 19.2 Å². The zero-order chi connectivity index (χ0) is 37.7. The van der Waals surface area contributed by atoms with Gasteiger partial charge in [-0.2, -0.15) is 0 Å². The van der Waals surface area contributed by atoms with E-state index in [1.165, 1.54) is 70.5 Å². The summed E-state index contributed by atoms with van der Waals surface area (Å²) >= 11 is 0. The summed E-state index contributed by atoms with van der Waals surface area (Å²) in [6, 6.07) is -1.55. The van der Waals surface area contributed by atoms with Crippen LogP contribution in [0.15, 0.2) is 22.5 Å². The van der Waals surface area contributed by atoms with E-state index in [2.05, 4.69) is 37.5 Å². The molecule has 3 atom stereocenters. The van der Waals surface area contributed by atoms with Crippen molar-refractivity contribution in [3.63, 3.8) is 0 Å². The van der Waals surface area contributed by atoms with Gasteiger partial charge in [0, 0.05) is 50.7 Å². The van der Waals surface area contributed by atoms with Crippen LogP contribution >= 0.6 is 0 Å². The molecule has 14 heteroatoms. The van der Waals surface area contributed by atoms with E-state index in [-0.39, 0.29) is 48.7 Å². The summed E-state index contributed by atoms with van der Waals surface area (Å²) in [7, 11) is 0. The number of unbranched alkanes of at least 4 members (excludes halogenated alkanes) is 12. The molecular weight excluding hydrogens is 648 g/mol. The number of carbonyl (C=O) groups excluding carboxylic acids is 4. The van der Waals surface area contributed by atoms with Crippen LogP contribution in [-0.2, 0) is 25.6 Å². The van der Waals surface area contributed by atoms with E-state index < -0.39 is 23.9 Å². The van der Waals surface area contributed by atoms with Gasteiger partial charge in [-0.3, -0.25) is 29.2 Å². The summed E-state index contributed by atoms with van der Waals surface area (Å²) in [6.07, 6.45) is 21.1. The first-order chi connectivity index (χ1) is 24.6. The summed E-state index contributed by atoms with van der Waals surface area (Å²) in [4.78, 5) is 68.2. The van der Waals surface area contributed by atoms with E-state index >= 15 is 0 Å². The summed E-state index contributed by atoms with van der Waals surface area (Å²) in [5.74, 6) is -1.91. The van der Waals surface area contributed by atoms with Crippen LogP contribution in [0.5, 0.6) is 0 Å². The van der Waals surface area contributed by atoms with E-state index in [1.54, 1.807) is 13.1 Å². The first-order valence-electron chi connectivity index (χ1n) is 19.3. The standard InChI is InChI=1S/C37H68N10O4/c1-3-5-6-7-8-9-10-11-12-13-14-15-16-21-34(50)46-31(20-18-23-44-37(40)41)33(49)25-28(24-29-26-42-27-45-29)35(51)47-30(32(48)4-2)19-17-22-43-36(38)39/h26-28,30-31H,3-25H2,1-2H3,(H,42,45)(H,46,50)(H,47,51)(H4,38,39,43)(H4,40,41,44)/t28-,30+,31+/m1/s1. The third-order valence-electron chi connectivity index (χ3n) is 9.02. The number of ketones is 2. The Morgan fingerprint density at radius 3 is 1.69 bits per heavy atom. The number of rotatable bonds is 32. The zero-order valence-electron chi connectivity index (χ0n) is 31.4. The highest BCUT2D eigenvalue weighted by Gasteiger charge is 2.30. The number of aromatic nitrogens is 2. The maximum absolute atomic E-state index is 13.8. The number of aromatic amines is 1. The van der Waals surface area contributed by atoms with Gasteiger partial charge in [0.2, 0.25) is 11.8 Å². The molecule has 0 unspecified atom stereocenters. The highest BCUT2D eigenvalue weighted by atomic mass is 16.2. The van der Waals surface area contributed by atoms with Gasteiger partial charge in [-0.15, -0.1) is 0 Å². The minimum atomic E-state index is -0.807. The Labute approximate surface area is 305 Å². The van der Waals surface area contributed by atoms with Crippen molar-refractivity contribution in [2.45, 2.75) is 161 Å². The van der Waals surface area contributed by atoms with Crippen molar-refractivity contribution >= 4 is 35.3 Å². The van der Waals surface area contributed by atoms with Crippen LogP contribution in [0.4, 0.5) is 0 Å². The van der Waals surface area contributed by atoms with Crippen LogP contribution in [0.25, 0.3) is 0 Å². The molecule has 51 heavy (non-hydrogen) atoms. The fourth-order valence-electron chi connectivity index (χ4n) is 6.04. The van der Waals surface area contributed by atoms with Gasteiger partial charge in [0.1, 0.15) is 0 Å². The monoisotopic (exact) mass is 717 g/mol. The van der Waals surface area contributed by atoms with Crippen LogP contribution in [0.3, 0.4) is 0 Å². The van der Waals surface area contributed by atoms with Crippen molar-refractivity contribution < 1.29 is 19.2 Å². The first-order valence-corrected chi connectivity index (χ1v) is 19.3. The third kappa shape index (κ3) is 23.2. The van der Waals surface area contributed by atoms with E-state index in [1.807, 2.05) is 0 Å². The molecule has 0 saturated heterocycles. The molecule has 0 fully saturated rings. The molecule has 1 aromatic heterocycles. The molecule has 0 aliphatic rings. The number of hydrogen-bond donors (Lipinski definition) is 7. The number of H-pyrrole nitrogens is 1. The summed E-state index contributed by atoms with van der Waals surface area (Å²) < 4.78 is 0. The van der Waals surface area contributed by atoms with Crippen LogP contribution in [0.1, 0.15) is 148 Å². The van der Waals surface area contributed by atoms with Gasteiger partial charge in [-0.1, -0.05) is 90.9 Å². The number of aliphatic imine (C=N–C) groups is 2. The molecule has 0 aliphatic carbocycles. The lowest BCUT2D eigenvalue weighted by Crippen LogP contribution is -2.46. The molecule has 0 spiro atoms. The zero-order valence-corrected chi connectivity index (χ0v) is 31.4. The van der Waals surface area contributed by atoms with Gasteiger partial charge in [0.15, 0.2) is 23.5 Å². The number of nitrogens with one attached hydrogen (secondary N) is 3. The number of amides is 2. The number of imidazole rings is 1. The molecule has 290 valence electrons. The quantitative estimate of drug-likeness (QED) is 0.0322. The normalized spacial score (nSPS) is 12.7. The Balaban J connectivity index is 2.78. The number of nitrogens with zero attached hydrogens (tertiary/aromatic N) is 3. The Morgan fingerprint density at radius 2 is 1.22 bits per heavy atom. The first kappa shape index (κ1) is 45.1. The predicted octanol–water partition coefficient (Wildman–Crippen LogP) is 4.06. The molecular formula is C37H68N10O4. The second-order valence-corrected chi connectivity index (χ2v) is 13.5. The van der Waals surface area contributed by atoms with Gasteiger partial charge in [-0.25, -0.2) is 4.98 Å². The van der Waals surface area contributed by atoms with E-state index in [0.29, 0.717) is 50.9 Å². The largest absolute Gasteiger partial charge is 0.370 e. The van der Waals surface area contributed by atoms with Crippen molar-refractivity contribution in [1.29, 1.82) is 0 Å². The fourth-order valence-corrected chi connectivity index (χ4v) is 6.04. The SMILES string of the molecule is CCCCCCCCCCCCCCCC(=O)N[C@@H](CCCN=C(N)N)C(=O)C[C@@H](Cc1cnc[nH]1)C(=O)N[C@@H](CCCN=C(N)N)C(=O)CC. The number of carbonyl (C=O) groups is 4. The summed E-state index contributed by atoms with van der Waals surface area (Å²) in [6.45, 7) is 4.60. The average molecular weight is 717 g/mol. The Morgan fingerprint density at radius 1 is 0.706 bits per heavy atom. The fraction of sp³-hybridized carbons (Fsp3) is 0.757. The maximum atomic E-state index is 13.8. The highest BCUT2D eigenvalue weighted by molar-refractivity contribution is 5.94. The second-order valence-electron chi connectivity index (χ2n) is 13.5. The molecule has 11 N–H and O–H groups in total.